The summed E-state index contributed by atoms with van der Waals surface area (Å²) < 4.78 is 0. The molecule has 0 unspecified atom stereocenters. The molecule has 2 heterocycles. The van der Waals surface area contributed by atoms with E-state index in [4.69, 9.17) is 19.8 Å². The molecule has 0 spiro atoms. The number of hydrogen-bond acceptors (Lipinski definition) is 2. The monoisotopic (exact) mass is 504 g/mol. The van der Waals surface area contributed by atoms with Gasteiger partial charge in [0.25, 0.3) is 11.9 Å². The van der Waals surface area contributed by atoms with Gasteiger partial charge in [0.05, 0.1) is 0 Å². The number of carboxylic acids is 2. The van der Waals surface area contributed by atoms with Crippen LogP contribution in [-0.2, 0) is 37.3 Å². The number of carboxylic acid groups (broad SMARTS) is 2. The zero-order chi connectivity index (χ0) is 16.5. The Labute approximate surface area is 155 Å². The van der Waals surface area contributed by atoms with Gasteiger partial charge in [-0.15, -0.1) is 36.6 Å². The molecule has 0 amide bonds. The fourth-order valence-electron chi connectivity index (χ4n) is 1.86. The maximum absolute atomic E-state index is 9.00. The zero-order valence-electron chi connectivity index (χ0n) is 13.2. The SMILES string of the molecule is C1=Cc2ccc3c(c2[N-]C1)[N-]CC=C3.CC(=O)O.CC(=O)O.[Hg+2]. The number of aliphatic carboxylic acids is 2. The van der Waals surface area contributed by atoms with E-state index >= 15 is 0 Å². The zero-order valence-corrected chi connectivity index (χ0v) is 18.7. The van der Waals surface area contributed by atoms with E-state index in [0.717, 1.165) is 38.3 Å². The maximum atomic E-state index is 9.00. The fourth-order valence-corrected chi connectivity index (χ4v) is 1.86. The van der Waals surface area contributed by atoms with E-state index in [2.05, 4.69) is 47.1 Å². The first-order valence-electron chi connectivity index (χ1n) is 6.66. The van der Waals surface area contributed by atoms with Crippen molar-refractivity contribution >= 4 is 35.5 Å². The topological polar surface area (TPSA) is 103 Å². The van der Waals surface area contributed by atoms with Crippen LogP contribution < -0.4 is 0 Å². The smallest absolute Gasteiger partial charge is 0.682 e. The van der Waals surface area contributed by atoms with Gasteiger partial charge in [0.2, 0.25) is 0 Å². The summed E-state index contributed by atoms with van der Waals surface area (Å²) in [4.78, 5) is 18.0. The van der Waals surface area contributed by atoms with Gasteiger partial charge in [0.15, 0.2) is 0 Å². The molecule has 0 saturated carbocycles. The van der Waals surface area contributed by atoms with Gasteiger partial charge in [-0.05, 0) is 11.1 Å². The molecule has 0 atom stereocenters. The first-order valence-corrected chi connectivity index (χ1v) is 6.66. The standard InChI is InChI=1S/C12H10N2.2C2H4O2.Hg/c1-3-9-5-6-10-4-2-8-14-12(10)11(9)13-7-1;2*1-2(3)4;/h1-6H,7-8H2;2*1H3,(H,3,4);/q-2;;;+2. The summed E-state index contributed by atoms with van der Waals surface area (Å²) in [5, 5.41) is 23.8. The van der Waals surface area contributed by atoms with Crippen molar-refractivity contribution < 1.29 is 47.5 Å². The molecule has 2 N–H and O–H groups in total. The molecular formula is C16H18HgN2O4. The van der Waals surface area contributed by atoms with E-state index in [1.54, 1.807) is 0 Å². The maximum Gasteiger partial charge on any atom is 2.00 e. The molecular weight excluding hydrogens is 485 g/mol. The van der Waals surface area contributed by atoms with Gasteiger partial charge in [-0.25, -0.2) is 0 Å². The van der Waals surface area contributed by atoms with E-state index < -0.39 is 11.9 Å². The molecule has 1 aromatic carbocycles. The van der Waals surface area contributed by atoms with Crippen LogP contribution in [0.4, 0.5) is 11.4 Å². The van der Waals surface area contributed by atoms with Crippen molar-refractivity contribution in [3.8, 4) is 0 Å². The first-order chi connectivity index (χ1) is 10.4. The van der Waals surface area contributed by atoms with E-state index in [-0.39, 0.29) is 27.7 Å². The molecule has 23 heavy (non-hydrogen) atoms. The molecule has 6 nitrogen and oxygen atoms in total. The van der Waals surface area contributed by atoms with Gasteiger partial charge in [-0.1, -0.05) is 24.3 Å². The first kappa shape index (κ1) is 21.2. The largest absolute Gasteiger partial charge is 2.00 e. The molecule has 0 aliphatic carbocycles. The van der Waals surface area contributed by atoms with Crippen molar-refractivity contribution in [2.24, 2.45) is 0 Å². The Morgan fingerprint density at radius 3 is 1.48 bits per heavy atom. The van der Waals surface area contributed by atoms with Crippen LogP contribution in [0, 0.1) is 0 Å². The molecule has 0 aromatic heterocycles. The van der Waals surface area contributed by atoms with Crippen LogP contribution in [0.1, 0.15) is 25.0 Å². The Morgan fingerprint density at radius 2 is 1.17 bits per heavy atom. The predicted molar refractivity (Wildman–Crippen MR) is 86.9 cm³/mol. The van der Waals surface area contributed by atoms with Gasteiger partial charge in [0.1, 0.15) is 0 Å². The van der Waals surface area contributed by atoms with Crippen LogP contribution in [0.2, 0.25) is 0 Å². The Bertz CT molecular complexity index is 551. The summed E-state index contributed by atoms with van der Waals surface area (Å²) in [5.74, 6) is -1.67. The van der Waals surface area contributed by atoms with Crippen molar-refractivity contribution in [1.29, 1.82) is 0 Å². The van der Waals surface area contributed by atoms with Gasteiger partial charge in [-0.3, -0.25) is 9.59 Å². The minimum absolute atomic E-state index is 0. The van der Waals surface area contributed by atoms with Gasteiger partial charge >= 0.3 is 27.7 Å². The predicted octanol–water partition coefficient (Wildman–Crippen LogP) is 3.93. The van der Waals surface area contributed by atoms with Gasteiger partial charge in [-0.2, -0.15) is 0 Å². The number of rotatable bonds is 0. The molecule has 2 aliphatic heterocycles. The van der Waals surface area contributed by atoms with Gasteiger partial charge < -0.3 is 20.8 Å². The van der Waals surface area contributed by atoms with Crippen LogP contribution in [0.3, 0.4) is 0 Å². The molecule has 0 saturated heterocycles. The molecule has 7 heteroatoms. The summed E-state index contributed by atoms with van der Waals surface area (Å²) in [6.07, 6.45) is 8.40. The average Bonchev–Trinajstić information content (AvgIpc) is 2.46. The third-order valence-corrected chi connectivity index (χ3v) is 2.52. The summed E-state index contributed by atoms with van der Waals surface area (Å²) >= 11 is 0. The molecule has 2 aliphatic rings. The molecule has 118 valence electrons. The quantitative estimate of drug-likeness (QED) is 0.525. The van der Waals surface area contributed by atoms with Crippen LogP contribution in [-0.4, -0.2) is 35.2 Å². The number of nitrogens with zero attached hydrogens (tertiary/aromatic N) is 2. The molecule has 0 fully saturated rings. The minimum Gasteiger partial charge on any atom is -0.682 e. The number of carbonyl (C=O) groups is 2. The summed E-state index contributed by atoms with van der Waals surface area (Å²) in [7, 11) is 0. The second kappa shape index (κ2) is 10.8. The van der Waals surface area contributed by atoms with Crippen LogP contribution in [0.25, 0.3) is 22.8 Å². The van der Waals surface area contributed by atoms with Gasteiger partial charge in [0, 0.05) is 13.8 Å². The number of benzene rings is 1. The van der Waals surface area contributed by atoms with Crippen molar-refractivity contribution in [1.82, 2.24) is 0 Å². The second-order valence-electron chi connectivity index (χ2n) is 4.47. The normalized spacial score (nSPS) is 12.3. The third-order valence-electron chi connectivity index (χ3n) is 2.52. The summed E-state index contributed by atoms with van der Waals surface area (Å²) in [5.41, 5.74) is 4.51. The van der Waals surface area contributed by atoms with Crippen molar-refractivity contribution in [3.05, 3.63) is 46.0 Å². The van der Waals surface area contributed by atoms with E-state index in [0.29, 0.717) is 0 Å². The summed E-state index contributed by atoms with van der Waals surface area (Å²) in [6, 6.07) is 4.22. The van der Waals surface area contributed by atoms with E-state index in [9.17, 15) is 0 Å². The average molecular weight is 503 g/mol. The molecule has 0 radical (unpaired) electrons. The Hall–Kier alpha value is -1.82. The summed E-state index contributed by atoms with van der Waals surface area (Å²) in [6.45, 7) is 3.73. The molecule has 0 bridgehead atoms. The van der Waals surface area contributed by atoms with Crippen molar-refractivity contribution in [2.45, 2.75) is 13.8 Å². The fraction of sp³-hybridized carbons (Fsp3) is 0.250. The Morgan fingerprint density at radius 1 is 0.870 bits per heavy atom. The van der Waals surface area contributed by atoms with Crippen molar-refractivity contribution in [2.75, 3.05) is 13.1 Å². The third kappa shape index (κ3) is 7.83. The van der Waals surface area contributed by atoms with E-state index in [1.807, 2.05) is 0 Å². The Kier molecular flexibility index (Phi) is 9.97. The van der Waals surface area contributed by atoms with Crippen LogP contribution >= 0.6 is 0 Å². The van der Waals surface area contributed by atoms with Crippen LogP contribution in [0.15, 0.2) is 24.3 Å². The van der Waals surface area contributed by atoms with Crippen molar-refractivity contribution in [3.63, 3.8) is 0 Å². The van der Waals surface area contributed by atoms with E-state index in [1.165, 1.54) is 11.1 Å². The second-order valence-corrected chi connectivity index (χ2v) is 4.47. The number of fused-ring (bicyclic) bond motifs is 3. The number of hydrogen-bond donors (Lipinski definition) is 2. The molecule has 3 rings (SSSR count). The minimum atomic E-state index is -0.833. The molecule has 1 aromatic rings. The Balaban J connectivity index is 0.000000461. The van der Waals surface area contributed by atoms with Crippen LogP contribution in [0.5, 0.6) is 0 Å².